The number of phenolic OH excluding ortho intramolecular Hbond substituents is 1. The summed E-state index contributed by atoms with van der Waals surface area (Å²) in [6.45, 7) is 2.89. The maximum atomic E-state index is 14.5. The van der Waals surface area contributed by atoms with Gasteiger partial charge < -0.3 is 35.2 Å². The molecule has 0 bridgehead atoms. The van der Waals surface area contributed by atoms with Crippen LogP contribution in [-0.4, -0.2) is 87.4 Å². The molecule has 2 unspecified atom stereocenters. The van der Waals surface area contributed by atoms with Crippen LogP contribution in [0.15, 0.2) is 12.1 Å². The number of urea groups is 1. The Morgan fingerprint density at radius 1 is 1.16 bits per heavy atom. The molecular weight excluding hydrogens is 591 g/mol. The SMILES string of the molecule is O=C1NC(O)[C@]2(CCCN(c3nc(OC[C@@]45CCCN4C[C@H](F)C5)nc4c3COC3(CCCc5c(Cl)cc(O)cc53)C4)C2)N1. The van der Waals surface area contributed by atoms with Crippen molar-refractivity contribution in [2.75, 3.05) is 37.7 Å². The van der Waals surface area contributed by atoms with E-state index in [1.165, 1.54) is 0 Å². The summed E-state index contributed by atoms with van der Waals surface area (Å²) in [5, 5.41) is 27.3. The Labute approximate surface area is 260 Å². The highest BCUT2D eigenvalue weighted by molar-refractivity contribution is 6.31. The van der Waals surface area contributed by atoms with Gasteiger partial charge in [0.05, 0.1) is 23.4 Å². The van der Waals surface area contributed by atoms with Crippen molar-refractivity contribution in [3.05, 3.63) is 39.5 Å². The fourth-order valence-corrected chi connectivity index (χ4v) is 9.09. The largest absolute Gasteiger partial charge is 0.508 e. The number of carbonyl (C=O) groups is 1. The molecule has 44 heavy (non-hydrogen) atoms. The van der Waals surface area contributed by atoms with E-state index in [9.17, 15) is 19.4 Å². The third-order valence-corrected chi connectivity index (χ3v) is 11.2. The molecule has 1 aromatic carbocycles. The molecule has 5 atom stereocenters. The second-order valence-electron chi connectivity index (χ2n) is 13.6. The van der Waals surface area contributed by atoms with Crippen molar-refractivity contribution in [1.29, 1.82) is 0 Å². The fourth-order valence-electron chi connectivity index (χ4n) is 8.78. The number of piperidine rings is 1. The molecule has 2 aromatic rings. The molecule has 236 valence electrons. The van der Waals surface area contributed by atoms with Crippen molar-refractivity contribution < 1.29 is 28.9 Å². The average molecular weight is 629 g/mol. The minimum Gasteiger partial charge on any atom is -0.508 e. The van der Waals surface area contributed by atoms with E-state index in [1.807, 2.05) is 0 Å². The molecule has 4 N–H and O–H groups in total. The number of nitrogens with zero attached hydrogens (tertiary/aromatic N) is 4. The van der Waals surface area contributed by atoms with E-state index < -0.39 is 23.5 Å². The van der Waals surface area contributed by atoms with Crippen LogP contribution >= 0.6 is 11.6 Å². The summed E-state index contributed by atoms with van der Waals surface area (Å²) < 4.78 is 27.6. The van der Waals surface area contributed by atoms with E-state index in [0.29, 0.717) is 56.3 Å². The van der Waals surface area contributed by atoms with Gasteiger partial charge in [0.1, 0.15) is 29.9 Å². The van der Waals surface area contributed by atoms with Gasteiger partial charge in [-0.3, -0.25) is 4.90 Å². The number of amides is 2. The molecule has 1 aliphatic carbocycles. The molecule has 0 saturated carbocycles. The zero-order chi connectivity index (χ0) is 30.3. The highest BCUT2D eigenvalue weighted by Gasteiger charge is 2.51. The van der Waals surface area contributed by atoms with Crippen LogP contribution in [0.4, 0.5) is 15.0 Å². The predicted molar refractivity (Wildman–Crippen MR) is 159 cm³/mol. The predicted octanol–water partition coefficient (Wildman–Crippen LogP) is 3.07. The van der Waals surface area contributed by atoms with E-state index in [-0.39, 0.29) is 29.9 Å². The first kappa shape index (κ1) is 28.5. The Hall–Kier alpha value is -2.93. The molecule has 2 spiro atoms. The van der Waals surface area contributed by atoms with E-state index in [1.54, 1.807) is 12.1 Å². The number of aliphatic hydroxyl groups excluding tert-OH is 1. The number of halogens is 2. The monoisotopic (exact) mass is 628 g/mol. The molecular formula is C31H38ClFN6O5. The van der Waals surface area contributed by atoms with Gasteiger partial charge in [-0.1, -0.05) is 11.6 Å². The van der Waals surface area contributed by atoms with Gasteiger partial charge >= 0.3 is 12.0 Å². The first-order valence-corrected chi connectivity index (χ1v) is 16.1. The minimum atomic E-state index is -1.02. The highest BCUT2D eigenvalue weighted by atomic mass is 35.5. The maximum Gasteiger partial charge on any atom is 0.318 e. The summed E-state index contributed by atoms with van der Waals surface area (Å²) in [5.74, 6) is 0.761. The summed E-state index contributed by atoms with van der Waals surface area (Å²) in [7, 11) is 0. The Morgan fingerprint density at radius 3 is 2.86 bits per heavy atom. The average Bonchev–Trinajstić information content (AvgIpc) is 3.60. The smallest absolute Gasteiger partial charge is 0.318 e. The molecule has 1 aromatic heterocycles. The molecule has 2 amide bonds. The second kappa shape index (κ2) is 10.3. The number of benzene rings is 1. The number of rotatable bonds is 4. The number of aromatic nitrogens is 2. The Balaban J connectivity index is 1.17. The number of aromatic hydroxyl groups is 1. The zero-order valence-electron chi connectivity index (χ0n) is 24.6. The Bertz CT molecular complexity index is 1520. The van der Waals surface area contributed by atoms with Crippen LogP contribution in [-0.2, 0) is 29.8 Å². The molecule has 4 fully saturated rings. The number of fused-ring (bicyclic) bond motifs is 4. The molecule has 0 radical (unpaired) electrons. The third-order valence-electron chi connectivity index (χ3n) is 10.9. The Morgan fingerprint density at radius 2 is 2.02 bits per heavy atom. The van der Waals surface area contributed by atoms with Crippen LogP contribution < -0.4 is 20.3 Å². The van der Waals surface area contributed by atoms with E-state index >= 15 is 0 Å². The maximum absolute atomic E-state index is 14.5. The third kappa shape index (κ3) is 4.51. The number of hydrogen-bond acceptors (Lipinski definition) is 9. The van der Waals surface area contributed by atoms with Gasteiger partial charge in [-0.25, -0.2) is 9.18 Å². The van der Waals surface area contributed by atoms with Gasteiger partial charge in [-0.2, -0.15) is 9.97 Å². The molecule has 6 heterocycles. The van der Waals surface area contributed by atoms with Gasteiger partial charge in [0.2, 0.25) is 0 Å². The molecule has 8 rings (SSSR count). The number of nitrogens with one attached hydrogen (secondary N) is 2. The minimum absolute atomic E-state index is 0.101. The van der Waals surface area contributed by atoms with Crippen LogP contribution in [0.2, 0.25) is 5.02 Å². The summed E-state index contributed by atoms with van der Waals surface area (Å²) in [6, 6.07) is 3.19. The number of alkyl halides is 1. The van der Waals surface area contributed by atoms with Crippen molar-refractivity contribution >= 4 is 23.4 Å². The van der Waals surface area contributed by atoms with Crippen LogP contribution in [0, 0.1) is 0 Å². The lowest BCUT2D eigenvalue weighted by Crippen LogP contribution is -2.60. The summed E-state index contributed by atoms with van der Waals surface area (Å²) in [5.41, 5.74) is 1.63. The lowest BCUT2D eigenvalue weighted by molar-refractivity contribution is -0.0857. The zero-order valence-corrected chi connectivity index (χ0v) is 25.3. The van der Waals surface area contributed by atoms with Gasteiger partial charge in [0.25, 0.3) is 0 Å². The van der Waals surface area contributed by atoms with Gasteiger partial charge in [-0.05, 0) is 74.8 Å². The van der Waals surface area contributed by atoms with E-state index in [4.69, 9.17) is 31.0 Å². The summed E-state index contributed by atoms with van der Waals surface area (Å²) in [6.07, 6.45) is 4.71. The van der Waals surface area contributed by atoms with Crippen LogP contribution in [0.1, 0.15) is 67.3 Å². The number of anilines is 1. The van der Waals surface area contributed by atoms with E-state index in [2.05, 4.69) is 20.4 Å². The van der Waals surface area contributed by atoms with Crippen molar-refractivity contribution in [2.45, 2.75) is 93.5 Å². The van der Waals surface area contributed by atoms with Crippen LogP contribution in [0.25, 0.3) is 0 Å². The lowest BCUT2D eigenvalue weighted by atomic mass is 9.74. The molecule has 4 saturated heterocycles. The van der Waals surface area contributed by atoms with Crippen molar-refractivity contribution in [2.24, 2.45) is 0 Å². The highest BCUT2D eigenvalue weighted by Crippen LogP contribution is 2.49. The van der Waals surface area contributed by atoms with Crippen molar-refractivity contribution in [3.63, 3.8) is 0 Å². The number of aliphatic hydroxyl groups is 1. The number of hydrogen-bond donors (Lipinski definition) is 4. The molecule has 13 heteroatoms. The normalized spacial score (nSPS) is 34.5. The molecule has 11 nitrogen and oxygen atoms in total. The fraction of sp³-hybridized carbons (Fsp3) is 0.645. The quantitative estimate of drug-likeness (QED) is 0.403. The standard InChI is InChI=1S/C31H38ClFN6O5/c32-23-11-19(40)10-22-20(23)4-1-7-31(22)13-24-21(15-44-31)25(38-8-3-6-30(16-38)26(41)36-27(42)37-30)35-28(34-24)43-17-29-5-2-9-39(29)14-18(33)12-29/h10-11,18,26,40-41H,1-9,12-17H2,(H2,36,37,42)/t18-,26?,29+,30-,31?/m1/s1. The molecule has 5 aliphatic heterocycles. The van der Waals surface area contributed by atoms with Gasteiger partial charge in [0, 0.05) is 43.1 Å². The van der Waals surface area contributed by atoms with Crippen molar-refractivity contribution in [1.82, 2.24) is 25.5 Å². The van der Waals surface area contributed by atoms with Crippen molar-refractivity contribution in [3.8, 4) is 11.8 Å². The van der Waals surface area contributed by atoms with Gasteiger partial charge in [-0.15, -0.1) is 0 Å². The summed E-state index contributed by atoms with van der Waals surface area (Å²) >= 11 is 6.59. The second-order valence-corrected chi connectivity index (χ2v) is 14.0. The summed E-state index contributed by atoms with van der Waals surface area (Å²) in [4.78, 5) is 26.4. The van der Waals surface area contributed by atoms with Crippen LogP contribution in [0.3, 0.4) is 0 Å². The Kier molecular flexibility index (Phi) is 6.68. The van der Waals surface area contributed by atoms with Crippen LogP contribution in [0.5, 0.6) is 11.8 Å². The number of carbonyl (C=O) groups excluding carboxylic acids is 1. The topological polar surface area (TPSA) is 132 Å². The van der Waals surface area contributed by atoms with E-state index in [0.717, 1.165) is 67.5 Å². The van der Waals surface area contributed by atoms with Gasteiger partial charge in [0.15, 0.2) is 6.23 Å². The lowest BCUT2D eigenvalue weighted by Gasteiger charge is -2.45. The number of phenols is 1. The molecule has 6 aliphatic rings. The number of ether oxygens (including phenoxy) is 2. The first-order valence-electron chi connectivity index (χ1n) is 15.8. The first-order chi connectivity index (χ1) is 21.2.